The lowest BCUT2D eigenvalue weighted by Crippen LogP contribution is -2.56. The van der Waals surface area contributed by atoms with Crippen LogP contribution in [0.25, 0.3) is 0 Å². The van der Waals surface area contributed by atoms with Crippen LogP contribution >= 0.6 is 0 Å². The van der Waals surface area contributed by atoms with Crippen LogP contribution in [0, 0.1) is 0 Å². The van der Waals surface area contributed by atoms with Gasteiger partial charge >= 0.3 is 6.09 Å². The molecular formula is C17H24N2O4. The summed E-state index contributed by atoms with van der Waals surface area (Å²) in [4.78, 5) is 26.2. The molecule has 0 aliphatic carbocycles. The van der Waals surface area contributed by atoms with Gasteiger partial charge in [0.1, 0.15) is 12.1 Å². The van der Waals surface area contributed by atoms with Gasteiger partial charge in [0.25, 0.3) is 0 Å². The van der Waals surface area contributed by atoms with Crippen LogP contribution in [0.2, 0.25) is 0 Å². The second kappa shape index (κ2) is 7.46. The van der Waals surface area contributed by atoms with E-state index in [-0.39, 0.29) is 19.1 Å². The van der Waals surface area contributed by atoms with Crippen molar-refractivity contribution in [3.63, 3.8) is 0 Å². The molecule has 0 radical (unpaired) electrons. The Morgan fingerprint density at radius 3 is 2.74 bits per heavy atom. The summed E-state index contributed by atoms with van der Waals surface area (Å²) in [7, 11) is 0. The largest absolute Gasteiger partial charge is 0.445 e. The SMILES string of the molecule is CC(O)CNC(=O)C1(C)CCCN1C(=O)OCc1ccccc1. The summed E-state index contributed by atoms with van der Waals surface area (Å²) in [6.45, 7) is 4.18. The van der Waals surface area contributed by atoms with Crippen molar-refractivity contribution in [2.75, 3.05) is 13.1 Å². The molecule has 0 bridgehead atoms. The number of hydrogen-bond donors (Lipinski definition) is 2. The number of rotatable bonds is 5. The van der Waals surface area contributed by atoms with Crippen LogP contribution in [-0.4, -0.2) is 46.7 Å². The molecule has 23 heavy (non-hydrogen) atoms. The van der Waals surface area contributed by atoms with Crippen molar-refractivity contribution in [1.82, 2.24) is 10.2 Å². The first-order valence-corrected chi connectivity index (χ1v) is 7.88. The standard InChI is InChI=1S/C17H24N2O4/c1-13(20)11-18-15(21)17(2)9-6-10-19(17)16(22)23-12-14-7-4-3-5-8-14/h3-5,7-8,13,20H,6,9-12H2,1-2H3,(H,18,21). The second-order valence-corrected chi connectivity index (χ2v) is 6.13. The molecule has 0 saturated carbocycles. The molecule has 126 valence electrons. The third kappa shape index (κ3) is 4.22. The number of carbonyl (C=O) groups is 2. The third-order valence-corrected chi connectivity index (χ3v) is 4.11. The van der Waals surface area contributed by atoms with Crippen LogP contribution in [0.5, 0.6) is 0 Å². The van der Waals surface area contributed by atoms with Crippen LogP contribution in [0.3, 0.4) is 0 Å². The Hall–Kier alpha value is -2.08. The van der Waals surface area contributed by atoms with E-state index in [1.807, 2.05) is 30.3 Å². The zero-order chi connectivity index (χ0) is 16.9. The van der Waals surface area contributed by atoms with Crippen LogP contribution in [0.1, 0.15) is 32.3 Å². The Labute approximate surface area is 136 Å². The molecule has 1 heterocycles. The van der Waals surface area contributed by atoms with E-state index >= 15 is 0 Å². The quantitative estimate of drug-likeness (QED) is 0.865. The van der Waals surface area contributed by atoms with E-state index in [1.165, 1.54) is 4.90 Å². The van der Waals surface area contributed by atoms with E-state index in [9.17, 15) is 14.7 Å². The molecule has 1 aliphatic rings. The van der Waals surface area contributed by atoms with Gasteiger partial charge in [0.05, 0.1) is 6.10 Å². The van der Waals surface area contributed by atoms with Crippen molar-refractivity contribution in [2.24, 2.45) is 0 Å². The lowest BCUT2D eigenvalue weighted by Gasteiger charge is -2.33. The van der Waals surface area contributed by atoms with Crippen molar-refractivity contribution in [3.8, 4) is 0 Å². The predicted molar refractivity (Wildman–Crippen MR) is 85.7 cm³/mol. The van der Waals surface area contributed by atoms with Crippen molar-refractivity contribution >= 4 is 12.0 Å². The number of amides is 2. The van der Waals surface area contributed by atoms with Crippen molar-refractivity contribution < 1.29 is 19.4 Å². The Kier molecular flexibility index (Phi) is 5.60. The average molecular weight is 320 g/mol. The highest BCUT2D eigenvalue weighted by Gasteiger charge is 2.46. The van der Waals surface area contributed by atoms with Crippen LogP contribution in [0.4, 0.5) is 4.79 Å². The van der Waals surface area contributed by atoms with Crippen LogP contribution < -0.4 is 5.32 Å². The maximum absolute atomic E-state index is 12.4. The fourth-order valence-electron chi connectivity index (χ4n) is 2.72. The van der Waals surface area contributed by atoms with Gasteiger partial charge in [-0.1, -0.05) is 30.3 Å². The summed E-state index contributed by atoms with van der Waals surface area (Å²) < 4.78 is 5.34. The molecule has 2 unspecified atom stereocenters. The van der Waals surface area contributed by atoms with Gasteiger partial charge in [-0.05, 0) is 32.3 Å². The highest BCUT2D eigenvalue weighted by Crippen LogP contribution is 2.30. The zero-order valence-corrected chi connectivity index (χ0v) is 13.6. The molecule has 6 heteroatoms. The summed E-state index contributed by atoms with van der Waals surface area (Å²) in [6, 6.07) is 9.42. The number of nitrogens with one attached hydrogen (secondary N) is 1. The van der Waals surface area contributed by atoms with Gasteiger partial charge in [-0.15, -0.1) is 0 Å². The molecule has 2 N–H and O–H groups in total. The van der Waals surface area contributed by atoms with Gasteiger partial charge < -0.3 is 15.2 Å². The molecule has 2 amide bonds. The summed E-state index contributed by atoms with van der Waals surface area (Å²) >= 11 is 0. The van der Waals surface area contributed by atoms with E-state index in [0.717, 1.165) is 12.0 Å². The van der Waals surface area contributed by atoms with Gasteiger partial charge in [-0.25, -0.2) is 4.79 Å². The number of aliphatic hydroxyl groups is 1. The van der Waals surface area contributed by atoms with Crippen molar-refractivity contribution in [1.29, 1.82) is 0 Å². The highest BCUT2D eigenvalue weighted by molar-refractivity contribution is 5.90. The number of hydrogen-bond acceptors (Lipinski definition) is 4. The van der Waals surface area contributed by atoms with Gasteiger partial charge in [0.2, 0.25) is 5.91 Å². The molecule has 0 spiro atoms. The molecule has 1 aromatic carbocycles. The molecule has 0 aromatic heterocycles. The van der Waals surface area contributed by atoms with Gasteiger partial charge in [-0.3, -0.25) is 9.69 Å². The summed E-state index contributed by atoms with van der Waals surface area (Å²) in [5.41, 5.74) is -0.0249. The first-order chi connectivity index (χ1) is 10.9. The van der Waals surface area contributed by atoms with E-state index in [2.05, 4.69) is 5.32 Å². The van der Waals surface area contributed by atoms with E-state index in [1.54, 1.807) is 13.8 Å². The summed E-state index contributed by atoms with van der Waals surface area (Å²) in [5.74, 6) is -0.257. The smallest absolute Gasteiger partial charge is 0.410 e. The molecular weight excluding hydrogens is 296 g/mol. The number of ether oxygens (including phenoxy) is 1. The zero-order valence-electron chi connectivity index (χ0n) is 13.6. The minimum absolute atomic E-state index is 0.168. The molecule has 6 nitrogen and oxygen atoms in total. The Morgan fingerprint density at radius 1 is 1.39 bits per heavy atom. The molecule has 2 atom stereocenters. The fraction of sp³-hybridized carbons (Fsp3) is 0.529. The Balaban J connectivity index is 1.96. The third-order valence-electron chi connectivity index (χ3n) is 4.11. The topological polar surface area (TPSA) is 78.9 Å². The molecule has 1 saturated heterocycles. The van der Waals surface area contributed by atoms with E-state index in [4.69, 9.17) is 4.74 Å². The minimum atomic E-state index is -0.928. The number of nitrogens with zero attached hydrogens (tertiary/aromatic N) is 1. The van der Waals surface area contributed by atoms with Crippen LogP contribution in [-0.2, 0) is 16.1 Å². The maximum atomic E-state index is 12.4. The van der Waals surface area contributed by atoms with Gasteiger partial charge in [-0.2, -0.15) is 0 Å². The van der Waals surface area contributed by atoms with E-state index < -0.39 is 17.7 Å². The second-order valence-electron chi connectivity index (χ2n) is 6.13. The summed E-state index contributed by atoms with van der Waals surface area (Å²) in [5, 5.41) is 12.0. The maximum Gasteiger partial charge on any atom is 0.410 e. The van der Waals surface area contributed by atoms with Crippen LogP contribution in [0.15, 0.2) is 30.3 Å². The van der Waals surface area contributed by atoms with Gasteiger partial charge in [0.15, 0.2) is 0 Å². The van der Waals surface area contributed by atoms with Crippen molar-refractivity contribution in [3.05, 3.63) is 35.9 Å². The Bertz CT molecular complexity index is 547. The predicted octanol–water partition coefficient (Wildman–Crippen LogP) is 1.67. The lowest BCUT2D eigenvalue weighted by molar-refractivity contribution is -0.130. The monoisotopic (exact) mass is 320 g/mol. The normalized spacial score (nSPS) is 21.8. The Morgan fingerprint density at radius 2 is 2.09 bits per heavy atom. The molecule has 1 aromatic rings. The number of likely N-dealkylation sites (tertiary alicyclic amines) is 1. The number of carbonyl (C=O) groups excluding carboxylic acids is 2. The van der Waals surface area contributed by atoms with E-state index in [0.29, 0.717) is 13.0 Å². The molecule has 2 rings (SSSR count). The fourth-order valence-corrected chi connectivity index (χ4v) is 2.72. The van der Waals surface area contributed by atoms with Crippen molar-refractivity contribution in [2.45, 2.75) is 44.9 Å². The summed E-state index contributed by atoms with van der Waals surface area (Å²) in [6.07, 6.45) is 0.224. The minimum Gasteiger partial charge on any atom is -0.445 e. The average Bonchev–Trinajstić information content (AvgIpc) is 2.94. The molecule has 1 fully saturated rings. The molecule has 1 aliphatic heterocycles. The van der Waals surface area contributed by atoms with Gasteiger partial charge in [0, 0.05) is 13.1 Å². The number of aliphatic hydroxyl groups excluding tert-OH is 1. The highest BCUT2D eigenvalue weighted by atomic mass is 16.6. The first-order valence-electron chi connectivity index (χ1n) is 7.88. The lowest BCUT2D eigenvalue weighted by atomic mass is 9.98. The first kappa shape index (κ1) is 17.3. The number of benzene rings is 1.